The van der Waals surface area contributed by atoms with E-state index in [9.17, 15) is 8.78 Å². The third kappa shape index (κ3) is 2.22. The molecule has 1 aromatic heterocycles. The summed E-state index contributed by atoms with van der Waals surface area (Å²) in [7, 11) is 0. The SMILES string of the molecule is Nc1nc2ccc(F)cc2n1CCc1ccccc1F. The molecule has 0 radical (unpaired) electrons. The highest BCUT2D eigenvalue weighted by Crippen LogP contribution is 2.20. The maximum absolute atomic E-state index is 13.6. The Labute approximate surface area is 114 Å². The van der Waals surface area contributed by atoms with Crippen molar-refractivity contribution in [3.63, 3.8) is 0 Å². The average molecular weight is 273 g/mol. The van der Waals surface area contributed by atoms with Gasteiger partial charge in [-0.25, -0.2) is 13.8 Å². The molecule has 3 rings (SSSR count). The van der Waals surface area contributed by atoms with Gasteiger partial charge in [-0.3, -0.25) is 0 Å². The molecule has 0 aliphatic rings. The first kappa shape index (κ1) is 12.6. The first-order valence-corrected chi connectivity index (χ1v) is 6.30. The van der Waals surface area contributed by atoms with Gasteiger partial charge in [0.2, 0.25) is 5.95 Å². The number of aryl methyl sites for hydroxylation is 2. The molecule has 0 aliphatic heterocycles. The highest BCUT2D eigenvalue weighted by Gasteiger charge is 2.10. The number of fused-ring (bicyclic) bond motifs is 1. The fraction of sp³-hybridized carbons (Fsp3) is 0.133. The highest BCUT2D eigenvalue weighted by atomic mass is 19.1. The molecule has 0 fully saturated rings. The molecule has 2 aromatic carbocycles. The van der Waals surface area contributed by atoms with Crippen molar-refractivity contribution < 1.29 is 8.78 Å². The van der Waals surface area contributed by atoms with Crippen LogP contribution >= 0.6 is 0 Å². The number of rotatable bonds is 3. The van der Waals surface area contributed by atoms with Crippen molar-refractivity contribution >= 4 is 17.0 Å². The zero-order chi connectivity index (χ0) is 14.1. The van der Waals surface area contributed by atoms with E-state index < -0.39 is 0 Å². The molecule has 102 valence electrons. The maximum atomic E-state index is 13.6. The number of hydrogen-bond acceptors (Lipinski definition) is 2. The second kappa shape index (κ2) is 4.92. The minimum Gasteiger partial charge on any atom is -0.369 e. The molecule has 0 bridgehead atoms. The second-order valence-corrected chi connectivity index (χ2v) is 4.60. The number of anilines is 1. The van der Waals surface area contributed by atoms with Crippen LogP contribution in [0.15, 0.2) is 42.5 Å². The third-order valence-corrected chi connectivity index (χ3v) is 3.30. The van der Waals surface area contributed by atoms with Crippen LogP contribution in [0.25, 0.3) is 11.0 Å². The largest absolute Gasteiger partial charge is 0.369 e. The molecule has 2 N–H and O–H groups in total. The molecular formula is C15H13F2N3. The number of benzene rings is 2. The predicted octanol–water partition coefficient (Wildman–Crippen LogP) is 3.14. The van der Waals surface area contributed by atoms with Crippen LogP contribution in [0.5, 0.6) is 0 Å². The second-order valence-electron chi connectivity index (χ2n) is 4.60. The number of aromatic nitrogens is 2. The zero-order valence-electron chi connectivity index (χ0n) is 10.7. The summed E-state index contributed by atoms with van der Waals surface area (Å²) >= 11 is 0. The topological polar surface area (TPSA) is 43.8 Å². The summed E-state index contributed by atoms with van der Waals surface area (Å²) in [5.41, 5.74) is 7.70. The van der Waals surface area contributed by atoms with E-state index in [1.807, 2.05) is 0 Å². The van der Waals surface area contributed by atoms with Gasteiger partial charge in [0.15, 0.2) is 0 Å². The summed E-state index contributed by atoms with van der Waals surface area (Å²) in [6.07, 6.45) is 0.471. The molecule has 3 nitrogen and oxygen atoms in total. The molecule has 5 heteroatoms. The van der Waals surface area contributed by atoms with Crippen LogP contribution in [0.3, 0.4) is 0 Å². The smallest absolute Gasteiger partial charge is 0.201 e. The van der Waals surface area contributed by atoms with Crippen molar-refractivity contribution in [2.45, 2.75) is 13.0 Å². The lowest BCUT2D eigenvalue weighted by Crippen LogP contribution is -2.06. The first-order valence-electron chi connectivity index (χ1n) is 6.30. The third-order valence-electron chi connectivity index (χ3n) is 3.30. The molecule has 20 heavy (non-hydrogen) atoms. The number of halogens is 2. The van der Waals surface area contributed by atoms with Crippen molar-refractivity contribution in [3.8, 4) is 0 Å². The van der Waals surface area contributed by atoms with Gasteiger partial charge in [-0.15, -0.1) is 0 Å². The molecule has 0 spiro atoms. The fourth-order valence-electron chi connectivity index (χ4n) is 2.28. The number of nitrogens with zero attached hydrogens (tertiary/aromatic N) is 2. The molecule has 3 aromatic rings. The normalized spacial score (nSPS) is 11.1. The Balaban J connectivity index is 1.93. The monoisotopic (exact) mass is 273 g/mol. The van der Waals surface area contributed by atoms with Crippen LogP contribution in [-0.2, 0) is 13.0 Å². The zero-order valence-corrected chi connectivity index (χ0v) is 10.7. The molecular weight excluding hydrogens is 260 g/mol. The first-order chi connectivity index (χ1) is 9.65. The lowest BCUT2D eigenvalue weighted by atomic mass is 10.1. The van der Waals surface area contributed by atoms with Gasteiger partial charge in [-0.1, -0.05) is 18.2 Å². The Hall–Kier alpha value is -2.43. The molecule has 0 amide bonds. The summed E-state index contributed by atoms with van der Waals surface area (Å²) in [5.74, 6) is -0.284. The van der Waals surface area contributed by atoms with Crippen molar-refractivity contribution in [1.82, 2.24) is 9.55 Å². The van der Waals surface area contributed by atoms with E-state index >= 15 is 0 Å². The van der Waals surface area contributed by atoms with Crippen LogP contribution in [0.2, 0.25) is 0 Å². The van der Waals surface area contributed by atoms with Crippen LogP contribution in [0.1, 0.15) is 5.56 Å². The van der Waals surface area contributed by atoms with Crippen molar-refractivity contribution in [1.29, 1.82) is 0 Å². The Morgan fingerprint density at radius 1 is 1.10 bits per heavy atom. The fourth-order valence-corrected chi connectivity index (χ4v) is 2.28. The lowest BCUT2D eigenvalue weighted by Gasteiger charge is -2.07. The minimum absolute atomic E-state index is 0.248. The molecule has 0 saturated heterocycles. The van der Waals surface area contributed by atoms with E-state index in [0.717, 1.165) is 0 Å². The standard InChI is InChI=1S/C15H13F2N3/c16-11-5-6-13-14(9-11)20(15(18)19-13)8-7-10-3-1-2-4-12(10)17/h1-6,9H,7-8H2,(H2,18,19). The van der Waals surface area contributed by atoms with E-state index in [-0.39, 0.29) is 11.6 Å². The molecule has 0 atom stereocenters. The van der Waals surface area contributed by atoms with E-state index in [1.54, 1.807) is 28.8 Å². The van der Waals surface area contributed by atoms with Gasteiger partial charge in [-0.05, 0) is 36.2 Å². The van der Waals surface area contributed by atoms with Crippen molar-refractivity contribution in [2.75, 3.05) is 5.73 Å². The minimum atomic E-state index is -0.343. The average Bonchev–Trinajstić information content (AvgIpc) is 2.73. The summed E-state index contributed by atoms with van der Waals surface area (Å²) in [5, 5.41) is 0. The Bertz CT molecular complexity index is 765. The van der Waals surface area contributed by atoms with E-state index in [1.165, 1.54) is 18.2 Å². The van der Waals surface area contributed by atoms with Gasteiger partial charge < -0.3 is 10.3 Å². The maximum Gasteiger partial charge on any atom is 0.201 e. The molecule has 0 aliphatic carbocycles. The summed E-state index contributed by atoms with van der Waals surface area (Å²) < 4.78 is 28.6. The number of nitrogen functional groups attached to an aromatic ring is 1. The van der Waals surface area contributed by atoms with Crippen molar-refractivity contribution in [3.05, 3.63) is 59.7 Å². The predicted molar refractivity (Wildman–Crippen MR) is 74.2 cm³/mol. The summed E-state index contributed by atoms with van der Waals surface area (Å²) in [6.45, 7) is 0.451. The Morgan fingerprint density at radius 3 is 2.70 bits per heavy atom. The number of imidazole rings is 1. The Kier molecular flexibility index (Phi) is 3.10. The molecule has 1 heterocycles. The molecule has 0 unspecified atom stereocenters. The van der Waals surface area contributed by atoms with Crippen molar-refractivity contribution in [2.24, 2.45) is 0 Å². The number of hydrogen-bond donors (Lipinski definition) is 1. The summed E-state index contributed by atoms with van der Waals surface area (Å²) in [4.78, 5) is 4.17. The quantitative estimate of drug-likeness (QED) is 0.796. The van der Waals surface area contributed by atoms with E-state index in [2.05, 4.69) is 4.98 Å². The Morgan fingerprint density at radius 2 is 1.90 bits per heavy atom. The van der Waals surface area contributed by atoms with Gasteiger partial charge >= 0.3 is 0 Å². The van der Waals surface area contributed by atoms with Gasteiger partial charge in [0, 0.05) is 6.54 Å². The highest BCUT2D eigenvalue weighted by molar-refractivity contribution is 5.78. The van der Waals surface area contributed by atoms with Gasteiger partial charge in [0.05, 0.1) is 11.0 Å². The van der Waals surface area contributed by atoms with E-state index in [4.69, 9.17) is 5.73 Å². The van der Waals surface area contributed by atoms with Crippen LogP contribution < -0.4 is 5.73 Å². The van der Waals surface area contributed by atoms with Crippen LogP contribution in [-0.4, -0.2) is 9.55 Å². The van der Waals surface area contributed by atoms with Crippen LogP contribution in [0.4, 0.5) is 14.7 Å². The summed E-state index contributed by atoms with van der Waals surface area (Å²) in [6, 6.07) is 10.9. The van der Waals surface area contributed by atoms with E-state index in [0.29, 0.717) is 35.5 Å². The van der Waals surface area contributed by atoms with Gasteiger partial charge in [-0.2, -0.15) is 0 Å². The number of nitrogens with two attached hydrogens (primary N) is 1. The van der Waals surface area contributed by atoms with Gasteiger partial charge in [0.25, 0.3) is 0 Å². The molecule has 0 saturated carbocycles. The van der Waals surface area contributed by atoms with Crippen LogP contribution in [0, 0.1) is 11.6 Å². The lowest BCUT2D eigenvalue weighted by molar-refractivity contribution is 0.596. The van der Waals surface area contributed by atoms with Gasteiger partial charge in [0.1, 0.15) is 11.6 Å².